The first kappa shape index (κ1) is 23.8. The standard InChI is InChI=1S/C22H25N5O6S/c1-2-26-20-8-7-18(34(31,32)25-11-13-33-14-12-25)15-19(20)24-21(26)9-10-22(28)23-16-3-5-17(6-4-16)27(29)30/h3-8,15H,2,9-14H2,1H3,(H,23,28). The number of nitro benzene ring substituents is 1. The fourth-order valence-electron chi connectivity index (χ4n) is 3.91. The molecule has 1 aromatic heterocycles. The van der Waals surface area contributed by atoms with E-state index >= 15 is 0 Å². The Morgan fingerprint density at radius 3 is 2.53 bits per heavy atom. The number of non-ortho nitro benzene ring substituents is 1. The van der Waals surface area contributed by atoms with Crippen LogP contribution in [0.1, 0.15) is 19.2 Å². The number of amides is 1. The van der Waals surface area contributed by atoms with Crippen LogP contribution in [0.3, 0.4) is 0 Å². The average molecular weight is 488 g/mol. The molecule has 2 heterocycles. The number of benzene rings is 2. The summed E-state index contributed by atoms with van der Waals surface area (Å²) in [6.07, 6.45) is 0.506. The van der Waals surface area contributed by atoms with E-state index in [1.54, 1.807) is 18.2 Å². The summed E-state index contributed by atoms with van der Waals surface area (Å²) in [5.74, 6) is 0.427. The summed E-state index contributed by atoms with van der Waals surface area (Å²) in [7, 11) is -3.63. The topological polar surface area (TPSA) is 137 Å². The lowest BCUT2D eigenvalue weighted by Gasteiger charge is -2.26. The number of rotatable bonds is 8. The van der Waals surface area contributed by atoms with E-state index < -0.39 is 14.9 Å². The highest BCUT2D eigenvalue weighted by molar-refractivity contribution is 7.89. The van der Waals surface area contributed by atoms with Crippen molar-refractivity contribution in [1.29, 1.82) is 0 Å². The van der Waals surface area contributed by atoms with E-state index in [0.29, 0.717) is 56.3 Å². The number of imidazole rings is 1. The molecular formula is C22H25N5O6S. The molecule has 4 rings (SSSR count). The van der Waals surface area contributed by atoms with Gasteiger partial charge in [0.05, 0.1) is 34.1 Å². The summed E-state index contributed by atoms with van der Waals surface area (Å²) < 4.78 is 34.6. The third kappa shape index (κ3) is 4.93. The minimum absolute atomic E-state index is 0.0512. The molecule has 0 spiro atoms. The van der Waals surface area contributed by atoms with Crippen LogP contribution in [-0.4, -0.2) is 59.4 Å². The van der Waals surface area contributed by atoms with Gasteiger partial charge in [-0.15, -0.1) is 0 Å². The van der Waals surface area contributed by atoms with E-state index in [9.17, 15) is 23.3 Å². The van der Waals surface area contributed by atoms with Gasteiger partial charge in [0, 0.05) is 50.3 Å². The zero-order valence-corrected chi connectivity index (χ0v) is 19.5. The van der Waals surface area contributed by atoms with Gasteiger partial charge in [0.15, 0.2) is 0 Å². The fraction of sp³-hybridized carbons (Fsp3) is 0.364. The summed E-state index contributed by atoms with van der Waals surface area (Å²) in [6, 6.07) is 10.5. The summed E-state index contributed by atoms with van der Waals surface area (Å²) in [5.41, 5.74) is 1.78. The van der Waals surface area contributed by atoms with E-state index in [0.717, 1.165) is 5.52 Å². The predicted octanol–water partition coefficient (Wildman–Crippen LogP) is 2.56. The fourth-order valence-corrected chi connectivity index (χ4v) is 5.34. The number of carbonyl (C=O) groups excluding carboxylic acids is 1. The molecule has 0 saturated carbocycles. The highest BCUT2D eigenvalue weighted by atomic mass is 32.2. The lowest BCUT2D eigenvalue weighted by molar-refractivity contribution is -0.384. The molecule has 0 bridgehead atoms. The molecule has 0 unspecified atom stereocenters. The number of nitrogens with zero attached hydrogens (tertiary/aromatic N) is 4. The Morgan fingerprint density at radius 1 is 1.18 bits per heavy atom. The zero-order valence-electron chi connectivity index (χ0n) is 18.6. The molecule has 0 atom stereocenters. The Morgan fingerprint density at radius 2 is 1.88 bits per heavy atom. The number of anilines is 1. The molecule has 2 aromatic carbocycles. The molecule has 3 aromatic rings. The number of nitrogens with one attached hydrogen (secondary N) is 1. The Balaban J connectivity index is 1.49. The van der Waals surface area contributed by atoms with Crippen molar-refractivity contribution >= 4 is 38.3 Å². The maximum atomic E-state index is 13.0. The predicted molar refractivity (Wildman–Crippen MR) is 125 cm³/mol. The van der Waals surface area contributed by atoms with Gasteiger partial charge in [-0.3, -0.25) is 14.9 Å². The molecule has 1 fully saturated rings. The lowest BCUT2D eigenvalue weighted by Crippen LogP contribution is -2.40. The first-order valence-electron chi connectivity index (χ1n) is 10.9. The van der Waals surface area contributed by atoms with Crippen LogP contribution in [0.5, 0.6) is 0 Å². The Bertz CT molecular complexity index is 1310. The first-order valence-corrected chi connectivity index (χ1v) is 12.3. The largest absolute Gasteiger partial charge is 0.379 e. The highest BCUT2D eigenvalue weighted by Gasteiger charge is 2.27. The van der Waals surface area contributed by atoms with Crippen molar-refractivity contribution in [1.82, 2.24) is 13.9 Å². The smallest absolute Gasteiger partial charge is 0.269 e. The van der Waals surface area contributed by atoms with E-state index in [4.69, 9.17) is 4.74 Å². The van der Waals surface area contributed by atoms with Crippen LogP contribution in [0.25, 0.3) is 11.0 Å². The van der Waals surface area contributed by atoms with Crippen LogP contribution >= 0.6 is 0 Å². The van der Waals surface area contributed by atoms with Crippen molar-refractivity contribution in [3.63, 3.8) is 0 Å². The van der Waals surface area contributed by atoms with Gasteiger partial charge in [-0.05, 0) is 37.3 Å². The van der Waals surface area contributed by atoms with Crippen LogP contribution in [0.2, 0.25) is 0 Å². The number of carbonyl (C=O) groups is 1. The number of ether oxygens (including phenoxy) is 1. The highest BCUT2D eigenvalue weighted by Crippen LogP contribution is 2.24. The van der Waals surface area contributed by atoms with Crippen molar-refractivity contribution in [3.8, 4) is 0 Å². The molecule has 1 aliphatic rings. The first-order chi connectivity index (χ1) is 16.3. The van der Waals surface area contributed by atoms with E-state index in [1.807, 2.05) is 11.5 Å². The Hall–Kier alpha value is -3.35. The van der Waals surface area contributed by atoms with Gasteiger partial charge in [0.25, 0.3) is 5.69 Å². The van der Waals surface area contributed by atoms with E-state index in [-0.39, 0.29) is 22.9 Å². The van der Waals surface area contributed by atoms with Crippen molar-refractivity contribution in [2.75, 3.05) is 31.6 Å². The monoisotopic (exact) mass is 487 g/mol. The van der Waals surface area contributed by atoms with Gasteiger partial charge in [0.2, 0.25) is 15.9 Å². The van der Waals surface area contributed by atoms with Gasteiger partial charge in [-0.1, -0.05) is 0 Å². The molecule has 180 valence electrons. The van der Waals surface area contributed by atoms with E-state index in [2.05, 4.69) is 10.3 Å². The third-order valence-corrected chi connectivity index (χ3v) is 7.55. The minimum Gasteiger partial charge on any atom is -0.379 e. The van der Waals surface area contributed by atoms with Crippen molar-refractivity contribution in [2.45, 2.75) is 31.2 Å². The lowest BCUT2D eigenvalue weighted by atomic mass is 10.2. The van der Waals surface area contributed by atoms with Gasteiger partial charge in [0.1, 0.15) is 5.82 Å². The number of aryl methyl sites for hydroxylation is 2. The summed E-state index contributed by atoms with van der Waals surface area (Å²) >= 11 is 0. The SMILES string of the molecule is CCn1c(CCC(=O)Nc2ccc([N+](=O)[O-])cc2)nc2cc(S(=O)(=O)N3CCOCC3)ccc21. The quantitative estimate of drug-likeness (QED) is 0.381. The van der Waals surface area contributed by atoms with Crippen LogP contribution in [0.4, 0.5) is 11.4 Å². The molecule has 0 radical (unpaired) electrons. The van der Waals surface area contributed by atoms with Crippen molar-refractivity contribution in [3.05, 3.63) is 58.4 Å². The number of hydrogen-bond acceptors (Lipinski definition) is 7. The summed E-state index contributed by atoms with van der Waals surface area (Å²) in [4.78, 5) is 27.5. The van der Waals surface area contributed by atoms with Crippen LogP contribution in [0.15, 0.2) is 47.4 Å². The molecule has 1 aliphatic heterocycles. The van der Waals surface area contributed by atoms with Gasteiger partial charge in [-0.2, -0.15) is 4.31 Å². The maximum Gasteiger partial charge on any atom is 0.269 e. The molecule has 1 N–H and O–H groups in total. The maximum absolute atomic E-state index is 13.0. The molecule has 34 heavy (non-hydrogen) atoms. The zero-order chi connectivity index (χ0) is 24.3. The average Bonchev–Trinajstić information content (AvgIpc) is 3.20. The minimum atomic E-state index is -3.63. The Labute approximate surface area is 196 Å². The summed E-state index contributed by atoms with van der Waals surface area (Å²) in [5, 5.41) is 13.5. The van der Waals surface area contributed by atoms with Gasteiger partial charge < -0.3 is 14.6 Å². The number of nitro groups is 1. The molecule has 12 heteroatoms. The number of sulfonamides is 1. The number of fused-ring (bicyclic) bond motifs is 1. The second-order valence-corrected chi connectivity index (χ2v) is 9.73. The van der Waals surface area contributed by atoms with Crippen molar-refractivity contribution in [2.24, 2.45) is 0 Å². The van der Waals surface area contributed by atoms with Gasteiger partial charge in [-0.25, -0.2) is 13.4 Å². The molecule has 1 amide bonds. The Kier molecular flexibility index (Phi) is 6.91. The number of morpholine rings is 1. The van der Waals surface area contributed by atoms with E-state index in [1.165, 1.54) is 28.6 Å². The second-order valence-electron chi connectivity index (χ2n) is 7.79. The van der Waals surface area contributed by atoms with Crippen LogP contribution in [-0.2, 0) is 32.5 Å². The molecule has 1 saturated heterocycles. The normalized spacial score (nSPS) is 14.9. The molecule has 11 nitrogen and oxygen atoms in total. The van der Waals surface area contributed by atoms with Crippen molar-refractivity contribution < 1.29 is 22.9 Å². The third-order valence-electron chi connectivity index (χ3n) is 5.66. The second kappa shape index (κ2) is 9.87. The molecular weight excluding hydrogens is 462 g/mol. The van der Waals surface area contributed by atoms with Crippen LogP contribution < -0.4 is 5.32 Å². The summed E-state index contributed by atoms with van der Waals surface area (Å²) in [6.45, 7) is 3.96. The van der Waals surface area contributed by atoms with Crippen LogP contribution in [0, 0.1) is 10.1 Å². The van der Waals surface area contributed by atoms with Gasteiger partial charge >= 0.3 is 0 Å². The number of aromatic nitrogens is 2. The number of hydrogen-bond donors (Lipinski definition) is 1. The molecule has 0 aliphatic carbocycles.